The second-order valence-corrected chi connectivity index (χ2v) is 8.30. The van der Waals surface area contributed by atoms with Crippen molar-refractivity contribution in [2.24, 2.45) is 5.10 Å². The maximum absolute atomic E-state index is 6.02. The van der Waals surface area contributed by atoms with E-state index in [9.17, 15) is 0 Å². The number of quaternary nitrogens is 1. The summed E-state index contributed by atoms with van der Waals surface area (Å²) in [6, 6.07) is 25.0. The third-order valence-corrected chi connectivity index (χ3v) is 5.82. The molecule has 0 aromatic heterocycles. The van der Waals surface area contributed by atoms with Gasteiger partial charge in [0.05, 0.1) is 39.5 Å². The number of methoxy groups -OCH3 is 1. The summed E-state index contributed by atoms with van der Waals surface area (Å²) in [7, 11) is 1.66. The molecular formula is C27H32N3O2+. The molecular weight excluding hydrogens is 398 g/mol. The van der Waals surface area contributed by atoms with Crippen LogP contribution < -0.4 is 14.4 Å². The number of aryl methyl sites for hydroxylation is 1. The van der Waals surface area contributed by atoms with Gasteiger partial charge in [-0.15, -0.1) is 0 Å². The molecule has 0 saturated carbocycles. The molecule has 0 aliphatic carbocycles. The van der Waals surface area contributed by atoms with Crippen molar-refractivity contribution in [3.63, 3.8) is 0 Å². The van der Waals surface area contributed by atoms with Crippen molar-refractivity contribution in [1.82, 2.24) is 5.01 Å². The van der Waals surface area contributed by atoms with Crippen LogP contribution in [0, 0.1) is 6.92 Å². The maximum atomic E-state index is 6.02. The van der Waals surface area contributed by atoms with E-state index in [4.69, 9.17) is 14.6 Å². The molecule has 0 radical (unpaired) electrons. The Morgan fingerprint density at radius 3 is 2.38 bits per heavy atom. The van der Waals surface area contributed by atoms with Crippen molar-refractivity contribution in [1.29, 1.82) is 0 Å². The largest absolute Gasteiger partial charge is 0.493 e. The molecule has 3 aromatic rings. The van der Waals surface area contributed by atoms with Crippen molar-refractivity contribution < 1.29 is 14.4 Å². The Hall–Kier alpha value is -3.31. The molecule has 0 atom stereocenters. The highest BCUT2D eigenvalue weighted by molar-refractivity contribution is 5.80. The fourth-order valence-electron chi connectivity index (χ4n) is 3.87. The first kappa shape index (κ1) is 21.9. The first-order chi connectivity index (χ1) is 15.7. The summed E-state index contributed by atoms with van der Waals surface area (Å²) in [4.78, 5) is 1.61. The number of hydrogen-bond donors (Lipinski definition) is 1. The summed E-state index contributed by atoms with van der Waals surface area (Å²) in [5, 5.41) is 6.88. The Morgan fingerprint density at radius 1 is 0.906 bits per heavy atom. The minimum Gasteiger partial charge on any atom is -0.493 e. The van der Waals surface area contributed by atoms with Crippen LogP contribution in [0.3, 0.4) is 0 Å². The van der Waals surface area contributed by atoms with Gasteiger partial charge in [0.25, 0.3) is 0 Å². The molecule has 1 fully saturated rings. The Bertz CT molecular complexity index is 1010. The Labute approximate surface area is 190 Å². The second kappa shape index (κ2) is 10.8. The van der Waals surface area contributed by atoms with E-state index in [1.807, 2.05) is 42.6 Å². The summed E-state index contributed by atoms with van der Waals surface area (Å²) in [6.45, 7) is 7.84. The van der Waals surface area contributed by atoms with Crippen LogP contribution in [0.15, 0.2) is 77.9 Å². The molecule has 4 rings (SSSR count). The minimum absolute atomic E-state index is 0.503. The van der Waals surface area contributed by atoms with Crippen LogP contribution in [0.2, 0.25) is 0 Å². The van der Waals surface area contributed by atoms with Gasteiger partial charge in [-0.2, -0.15) is 5.10 Å². The van der Waals surface area contributed by atoms with E-state index < -0.39 is 0 Å². The molecule has 1 aliphatic rings. The van der Waals surface area contributed by atoms with Gasteiger partial charge in [-0.3, -0.25) is 5.01 Å². The van der Waals surface area contributed by atoms with Gasteiger partial charge in [-0.1, -0.05) is 60.2 Å². The van der Waals surface area contributed by atoms with Crippen molar-refractivity contribution in [3.05, 3.63) is 95.1 Å². The maximum Gasteiger partial charge on any atom is 0.162 e. The highest BCUT2D eigenvalue weighted by Crippen LogP contribution is 2.28. The fourth-order valence-corrected chi connectivity index (χ4v) is 3.87. The zero-order valence-electron chi connectivity index (χ0n) is 19.0. The molecule has 1 aliphatic heterocycles. The number of benzene rings is 3. The third-order valence-electron chi connectivity index (χ3n) is 5.82. The van der Waals surface area contributed by atoms with E-state index in [2.05, 4.69) is 48.3 Å². The van der Waals surface area contributed by atoms with Gasteiger partial charge >= 0.3 is 0 Å². The molecule has 32 heavy (non-hydrogen) atoms. The van der Waals surface area contributed by atoms with E-state index in [1.54, 1.807) is 12.0 Å². The Kier molecular flexibility index (Phi) is 7.41. The minimum atomic E-state index is 0.503. The van der Waals surface area contributed by atoms with Crippen molar-refractivity contribution >= 4 is 6.21 Å². The van der Waals surface area contributed by atoms with Gasteiger partial charge in [-0.25, -0.2) is 0 Å². The van der Waals surface area contributed by atoms with Crippen LogP contribution in [0.4, 0.5) is 0 Å². The lowest BCUT2D eigenvalue weighted by Gasteiger charge is -2.30. The standard InChI is InChI=1S/C27H31N3O2/c1-22-8-10-23(11-9-22)20-29-14-16-30(17-15-29)28-19-25-12-13-26(31-2)27(18-25)32-21-24-6-4-3-5-7-24/h3-13,18-19H,14-17,20-21H2,1-2H3/p+1/b28-19+. The lowest BCUT2D eigenvalue weighted by atomic mass is 10.1. The lowest BCUT2D eigenvalue weighted by molar-refractivity contribution is -0.918. The molecule has 5 heteroatoms. The number of nitrogens with one attached hydrogen (secondary N) is 1. The number of piperazine rings is 1. The molecule has 3 aromatic carbocycles. The molecule has 5 nitrogen and oxygen atoms in total. The van der Waals surface area contributed by atoms with Gasteiger partial charge in [0, 0.05) is 5.56 Å². The van der Waals surface area contributed by atoms with Crippen LogP contribution in [0.5, 0.6) is 11.5 Å². The monoisotopic (exact) mass is 430 g/mol. The predicted octanol–water partition coefficient (Wildman–Crippen LogP) is 3.32. The van der Waals surface area contributed by atoms with Crippen LogP contribution >= 0.6 is 0 Å². The number of rotatable bonds is 8. The average Bonchev–Trinajstić information content (AvgIpc) is 2.84. The lowest BCUT2D eigenvalue weighted by Crippen LogP contribution is -3.13. The Morgan fingerprint density at radius 2 is 1.66 bits per heavy atom. The van der Waals surface area contributed by atoms with Gasteiger partial charge in [-0.05, 0) is 36.2 Å². The number of hydrogen-bond acceptors (Lipinski definition) is 4. The van der Waals surface area contributed by atoms with Crippen LogP contribution in [-0.2, 0) is 13.2 Å². The molecule has 0 unspecified atom stereocenters. The smallest absolute Gasteiger partial charge is 0.162 e. The predicted molar refractivity (Wildman–Crippen MR) is 129 cm³/mol. The third kappa shape index (κ3) is 6.11. The zero-order valence-corrected chi connectivity index (χ0v) is 19.0. The topological polar surface area (TPSA) is 38.5 Å². The van der Waals surface area contributed by atoms with Gasteiger partial charge in [0.15, 0.2) is 11.5 Å². The van der Waals surface area contributed by atoms with E-state index in [-0.39, 0.29) is 0 Å². The zero-order chi connectivity index (χ0) is 22.2. The summed E-state index contributed by atoms with van der Waals surface area (Å²) in [5.74, 6) is 1.46. The molecule has 166 valence electrons. The van der Waals surface area contributed by atoms with Crippen LogP contribution in [0.25, 0.3) is 0 Å². The van der Waals surface area contributed by atoms with E-state index in [0.717, 1.165) is 55.3 Å². The number of nitrogens with zero attached hydrogens (tertiary/aromatic N) is 2. The fraction of sp³-hybridized carbons (Fsp3) is 0.296. The SMILES string of the molecule is COc1ccc(/C=N/N2CC[NH+](Cc3ccc(C)cc3)CC2)cc1OCc1ccccc1. The molecule has 1 saturated heterocycles. The van der Waals surface area contributed by atoms with Gasteiger partial charge in [0.2, 0.25) is 0 Å². The van der Waals surface area contributed by atoms with Gasteiger partial charge in [0.1, 0.15) is 13.2 Å². The summed E-state index contributed by atoms with van der Waals surface area (Å²) >= 11 is 0. The average molecular weight is 431 g/mol. The van der Waals surface area contributed by atoms with E-state index in [0.29, 0.717) is 6.61 Å². The molecule has 1 heterocycles. The highest BCUT2D eigenvalue weighted by Gasteiger charge is 2.18. The first-order valence-electron chi connectivity index (χ1n) is 11.2. The van der Waals surface area contributed by atoms with E-state index in [1.165, 1.54) is 11.1 Å². The summed E-state index contributed by atoms with van der Waals surface area (Å²) in [5.41, 5.74) is 4.85. The summed E-state index contributed by atoms with van der Waals surface area (Å²) in [6.07, 6.45) is 1.92. The molecule has 0 bridgehead atoms. The van der Waals surface area contributed by atoms with Crippen molar-refractivity contribution in [2.75, 3.05) is 33.3 Å². The normalized spacial score (nSPS) is 14.6. The summed E-state index contributed by atoms with van der Waals surface area (Å²) < 4.78 is 11.5. The number of hydrazone groups is 1. The van der Waals surface area contributed by atoms with Crippen molar-refractivity contribution in [3.8, 4) is 11.5 Å². The highest BCUT2D eigenvalue weighted by atomic mass is 16.5. The second-order valence-electron chi connectivity index (χ2n) is 8.30. The van der Waals surface area contributed by atoms with Crippen LogP contribution in [-0.4, -0.2) is 44.5 Å². The van der Waals surface area contributed by atoms with Gasteiger partial charge < -0.3 is 14.4 Å². The van der Waals surface area contributed by atoms with Crippen molar-refractivity contribution in [2.45, 2.75) is 20.1 Å². The number of ether oxygens (including phenoxy) is 2. The molecule has 0 amide bonds. The Balaban J connectivity index is 1.31. The molecule has 0 spiro atoms. The van der Waals surface area contributed by atoms with E-state index >= 15 is 0 Å². The molecule has 1 N–H and O–H groups in total. The van der Waals surface area contributed by atoms with Crippen LogP contribution in [0.1, 0.15) is 22.3 Å². The quantitative estimate of drug-likeness (QED) is 0.557. The first-order valence-corrected chi connectivity index (χ1v) is 11.2.